The van der Waals surface area contributed by atoms with Crippen molar-refractivity contribution < 1.29 is 14.3 Å². The van der Waals surface area contributed by atoms with Crippen LogP contribution in [0.5, 0.6) is 0 Å². The van der Waals surface area contributed by atoms with E-state index in [1.165, 1.54) is 44.9 Å². The molecule has 8 rings (SSSR count). The monoisotopic (exact) mass is 458 g/mol. The lowest BCUT2D eigenvalue weighted by molar-refractivity contribution is -0.169. The van der Waals surface area contributed by atoms with Gasteiger partial charge in [0.05, 0.1) is 17.9 Å². The number of carbonyl (C=O) groups is 1. The van der Waals surface area contributed by atoms with Crippen molar-refractivity contribution in [3.63, 3.8) is 0 Å². The Labute approximate surface area is 201 Å². The van der Waals surface area contributed by atoms with Crippen molar-refractivity contribution in [2.24, 2.45) is 29.6 Å². The van der Waals surface area contributed by atoms with Crippen LogP contribution in [0.15, 0.2) is 42.5 Å². The number of aromatic amines is 1. The normalized spacial score (nSPS) is 36.9. The largest absolute Gasteiger partial charge is 0.456 e. The second-order valence-electron chi connectivity index (χ2n) is 11.8. The zero-order valence-corrected chi connectivity index (χ0v) is 19.7. The van der Waals surface area contributed by atoms with Gasteiger partial charge >= 0.3 is 5.97 Å². The maximum atomic E-state index is 13.2. The number of nitrogens with zero attached hydrogens (tertiary/aromatic N) is 1. The Bertz CT molecular complexity index is 1070. The number of fused-ring (bicyclic) bond motifs is 2. The third-order valence-electron chi connectivity index (χ3n) is 9.34. The zero-order valence-electron chi connectivity index (χ0n) is 19.7. The lowest BCUT2D eigenvalue weighted by Gasteiger charge is -2.56. The first-order valence-corrected chi connectivity index (χ1v) is 13.2. The van der Waals surface area contributed by atoms with Gasteiger partial charge in [0.2, 0.25) is 0 Å². The summed E-state index contributed by atoms with van der Waals surface area (Å²) < 4.78 is 12.4. The molecule has 0 saturated heterocycles. The van der Waals surface area contributed by atoms with Crippen LogP contribution in [0.4, 0.5) is 0 Å². The second-order valence-corrected chi connectivity index (χ2v) is 11.8. The molecule has 5 fully saturated rings. The summed E-state index contributed by atoms with van der Waals surface area (Å²) >= 11 is 0. The van der Waals surface area contributed by atoms with Crippen molar-refractivity contribution >= 4 is 5.97 Å². The lowest BCUT2D eigenvalue weighted by Crippen LogP contribution is -2.51. The van der Waals surface area contributed by atoms with Crippen LogP contribution < -0.4 is 0 Å². The van der Waals surface area contributed by atoms with Crippen molar-refractivity contribution in [3.05, 3.63) is 65.3 Å². The summed E-state index contributed by atoms with van der Waals surface area (Å²) in [5, 5.41) is 0. The average Bonchev–Trinajstić information content (AvgIpc) is 3.57. The minimum atomic E-state index is -0.353. The Morgan fingerprint density at radius 1 is 0.941 bits per heavy atom. The molecule has 0 amide bonds. The SMILES string of the molecule is O=C(OCc1ccccc1)c1nc([C@H]2CC3C=C[C@@H]2C3)[nH]c1COC12CC3CC(CC(C3)C1)C2. The van der Waals surface area contributed by atoms with Gasteiger partial charge in [0.1, 0.15) is 12.4 Å². The highest BCUT2D eigenvalue weighted by Crippen LogP contribution is 2.57. The number of aromatic nitrogens is 2. The summed E-state index contributed by atoms with van der Waals surface area (Å²) in [6, 6.07) is 9.84. The van der Waals surface area contributed by atoms with Crippen LogP contribution in [-0.2, 0) is 22.7 Å². The number of nitrogens with one attached hydrogen (secondary N) is 1. The number of imidazole rings is 1. The summed E-state index contributed by atoms with van der Waals surface area (Å²) in [4.78, 5) is 21.6. The number of esters is 1. The molecule has 5 saturated carbocycles. The molecule has 0 spiro atoms. The van der Waals surface area contributed by atoms with E-state index in [1.807, 2.05) is 30.3 Å². The smallest absolute Gasteiger partial charge is 0.359 e. The van der Waals surface area contributed by atoms with E-state index in [2.05, 4.69) is 17.1 Å². The van der Waals surface area contributed by atoms with Crippen molar-refractivity contribution in [1.82, 2.24) is 9.97 Å². The Morgan fingerprint density at radius 2 is 1.68 bits per heavy atom. The van der Waals surface area contributed by atoms with Crippen molar-refractivity contribution in [2.75, 3.05) is 0 Å². The molecular formula is C29H34N2O3. The van der Waals surface area contributed by atoms with Crippen molar-refractivity contribution in [1.29, 1.82) is 0 Å². The van der Waals surface area contributed by atoms with Crippen LogP contribution in [0.25, 0.3) is 0 Å². The van der Waals surface area contributed by atoms with Crippen LogP contribution in [-0.4, -0.2) is 21.5 Å². The number of hydrogen-bond donors (Lipinski definition) is 1. The molecule has 5 nitrogen and oxygen atoms in total. The fourth-order valence-electron chi connectivity index (χ4n) is 8.20. The molecular weight excluding hydrogens is 424 g/mol. The second kappa shape index (κ2) is 8.08. The van der Waals surface area contributed by atoms with E-state index in [0.29, 0.717) is 30.1 Å². The topological polar surface area (TPSA) is 64.2 Å². The number of allylic oxidation sites excluding steroid dienone is 2. The molecule has 5 heteroatoms. The molecule has 0 aliphatic heterocycles. The molecule has 6 bridgehead atoms. The van der Waals surface area contributed by atoms with Gasteiger partial charge in [-0.3, -0.25) is 0 Å². The van der Waals surface area contributed by atoms with Crippen molar-refractivity contribution in [2.45, 2.75) is 76.1 Å². The van der Waals surface area contributed by atoms with Gasteiger partial charge in [0, 0.05) is 5.92 Å². The van der Waals surface area contributed by atoms with Gasteiger partial charge in [-0.15, -0.1) is 0 Å². The van der Waals surface area contributed by atoms with E-state index < -0.39 is 0 Å². The Hall–Kier alpha value is -2.40. The Kier molecular flexibility index (Phi) is 4.97. The zero-order chi connectivity index (χ0) is 22.7. The lowest BCUT2D eigenvalue weighted by atomic mass is 9.54. The van der Waals surface area contributed by atoms with Gasteiger partial charge in [-0.2, -0.15) is 0 Å². The summed E-state index contributed by atoms with van der Waals surface area (Å²) in [6.07, 6.45) is 14.7. The summed E-state index contributed by atoms with van der Waals surface area (Å²) in [5.74, 6) is 4.63. The number of benzene rings is 1. The molecule has 0 radical (unpaired) electrons. The van der Waals surface area contributed by atoms with Crippen LogP contribution in [0, 0.1) is 29.6 Å². The molecule has 6 aliphatic rings. The van der Waals surface area contributed by atoms with Crippen LogP contribution in [0.3, 0.4) is 0 Å². The van der Waals surface area contributed by atoms with Crippen LogP contribution >= 0.6 is 0 Å². The van der Waals surface area contributed by atoms with Crippen molar-refractivity contribution in [3.8, 4) is 0 Å². The Morgan fingerprint density at radius 3 is 2.32 bits per heavy atom. The standard InChI is InChI=1S/C29H34N2O3/c32-28(33-16-18-4-2-1-3-5-18)26-25(30-27(31-26)24-12-19-6-7-23(24)11-19)17-34-29-13-20-8-21(14-29)10-22(9-20)15-29/h1-7,19-24H,8-17H2,(H,30,31)/t19?,20?,21?,22?,23-,24+,29?/m1/s1. The van der Waals surface area contributed by atoms with Gasteiger partial charge in [-0.05, 0) is 86.5 Å². The van der Waals surface area contributed by atoms with Gasteiger partial charge < -0.3 is 14.5 Å². The third kappa shape index (κ3) is 3.73. The summed E-state index contributed by atoms with van der Waals surface area (Å²) in [5.41, 5.74) is 2.20. The number of H-pyrrole nitrogens is 1. The molecule has 6 aliphatic carbocycles. The molecule has 34 heavy (non-hydrogen) atoms. The quantitative estimate of drug-likeness (QED) is 0.412. The van der Waals surface area contributed by atoms with Gasteiger partial charge in [0.15, 0.2) is 5.69 Å². The molecule has 3 atom stereocenters. The maximum Gasteiger partial charge on any atom is 0.359 e. The molecule has 1 N–H and O–H groups in total. The van der Waals surface area contributed by atoms with Gasteiger partial charge in [0.25, 0.3) is 0 Å². The van der Waals surface area contributed by atoms with Crippen LogP contribution in [0.2, 0.25) is 0 Å². The van der Waals surface area contributed by atoms with E-state index in [4.69, 9.17) is 14.5 Å². The first-order chi connectivity index (χ1) is 16.6. The van der Waals surface area contributed by atoms with Crippen LogP contribution in [0.1, 0.15) is 84.9 Å². The summed E-state index contributed by atoms with van der Waals surface area (Å²) in [7, 11) is 0. The van der Waals surface area contributed by atoms with E-state index in [1.54, 1.807) is 0 Å². The predicted molar refractivity (Wildman–Crippen MR) is 128 cm³/mol. The highest BCUT2D eigenvalue weighted by Gasteiger charge is 2.52. The van der Waals surface area contributed by atoms with E-state index in [0.717, 1.165) is 41.3 Å². The molecule has 1 aromatic carbocycles. The molecule has 2 aromatic rings. The summed E-state index contributed by atoms with van der Waals surface area (Å²) in [6.45, 7) is 0.680. The van der Waals surface area contributed by atoms with E-state index in [-0.39, 0.29) is 18.2 Å². The highest BCUT2D eigenvalue weighted by molar-refractivity contribution is 5.88. The predicted octanol–water partition coefficient (Wildman–Crippen LogP) is 5.93. The minimum Gasteiger partial charge on any atom is -0.456 e. The third-order valence-corrected chi connectivity index (χ3v) is 9.34. The number of hydrogen-bond acceptors (Lipinski definition) is 4. The molecule has 1 unspecified atom stereocenters. The van der Waals surface area contributed by atoms with Gasteiger partial charge in [-0.1, -0.05) is 42.5 Å². The highest BCUT2D eigenvalue weighted by atomic mass is 16.5. The fourth-order valence-corrected chi connectivity index (χ4v) is 8.20. The molecule has 1 heterocycles. The van der Waals surface area contributed by atoms with Gasteiger partial charge in [-0.25, -0.2) is 9.78 Å². The molecule has 1 aromatic heterocycles. The van der Waals surface area contributed by atoms with E-state index in [9.17, 15) is 4.79 Å². The number of rotatable bonds is 7. The molecule has 178 valence electrons. The minimum absolute atomic E-state index is 0.000398. The van der Waals surface area contributed by atoms with E-state index >= 15 is 0 Å². The first kappa shape index (κ1) is 20.9. The average molecular weight is 459 g/mol. The Balaban J connectivity index is 1.12. The first-order valence-electron chi connectivity index (χ1n) is 13.2. The fraction of sp³-hybridized carbons (Fsp3) is 0.586. The number of carbonyl (C=O) groups excluding carboxylic acids is 1. The number of ether oxygens (including phenoxy) is 2. The maximum absolute atomic E-state index is 13.2.